The first kappa shape index (κ1) is 10.3. The summed E-state index contributed by atoms with van der Waals surface area (Å²) in [7, 11) is 0. The molecular weight excluding hydrogens is 210 g/mol. The molecule has 1 aliphatic rings. The highest BCUT2D eigenvalue weighted by Crippen LogP contribution is 2.24. The van der Waals surface area contributed by atoms with Gasteiger partial charge in [-0.3, -0.25) is 0 Å². The van der Waals surface area contributed by atoms with Crippen LogP contribution in [0, 0.1) is 0 Å². The molecule has 3 nitrogen and oxygen atoms in total. The molecule has 17 heavy (non-hydrogen) atoms. The molecule has 2 aromatic rings. The lowest BCUT2D eigenvalue weighted by Crippen LogP contribution is -2.00. The molecule has 0 amide bonds. The van der Waals surface area contributed by atoms with Crippen molar-refractivity contribution in [2.75, 3.05) is 5.32 Å². The maximum Gasteiger partial charge on any atom is 0.115 e. The Morgan fingerprint density at radius 3 is 2.76 bits per heavy atom. The second kappa shape index (κ2) is 4.53. The lowest BCUT2D eigenvalue weighted by Gasteiger charge is -2.08. The zero-order chi connectivity index (χ0) is 11.5. The summed E-state index contributed by atoms with van der Waals surface area (Å²) >= 11 is 0. The summed E-state index contributed by atoms with van der Waals surface area (Å²) < 4.78 is 0. The minimum Gasteiger partial charge on any atom is -0.381 e. The van der Waals surface area contributed by atoms with Gasteiger partial charge in [0.15, 0.2) is 0 Å². The van der Waals surface area contributed by atoms with E-state index >= 15 is 0 Å². The molecule has 1 aliphatic carbocycles. The standard InChI is InChI=1S/C14H15N3/c1-2-12-4-5-14(6-13(12)3-1)17-9-11-7-15-10-16-8-11/h4-8,10,17H,1-3,9H2. The molecule has 3 rings (SSSR count). The van der Waals surface area contributed by atoms with Gasteiger partial charge in [-0.05, 0) is 42.5 Å². The van der Waals surface area contributed by atoms with Crippen LogP contribution in [0.4, 0.5) is 5.69 Å². The molecule has 1 N–H and O–H groups in total. The van der Waals surface area contributed by atoms with Gasteiger partial charge >= 0.3 is 0 Å². The Kier molecular flexibility index (Phi) is 2.74. The first-order valence-electron chi connectivity index (χ1n) is 6.01. The number of aryl methyl sites for hydroxylation is 2. The SMILES string of the molecule is c1ncc(CNc2ccc3c(c2)CCC3)cn1. The van der Waals surface area contributed by atoms with Gasteiger partial charge in [-0.15, -0.1) is 0 Å². The van der Waals surface area contributed by atoms with Gasteiger partial charge in [-0.1, -0.05) is 6.07 Å². The molecule has 0 spiro atoms. The van der Waals surface area contributed by atoms with Crippen LogP contribution in [-0.2, 0) is 19.4 Å². The number of hydrogen-bond donors (Lipinski definition) is 1. The van der Waals surface area contributed by atoms with Crippen molar-refractivity contribution in [2.45, 2.75) is 25.8 Å². The van der Waals surface area contributed by atoms with Crippen molar-refractivity contribution < 1.29 is 0 Å². The highest BCUT2D eigenvalue weighted by atomic mass is 14.9. The Hall–Kier alpha value is -1.90. The molecule has 0 saturated heterocycles. The van der Waals surface area contributed by atoms with Crippen LogP contribution in [0.5, 0.6) is 0 Å². The first-order chi connectivity index (χ1) is 8.42. The van der Waals surface area contributed by atoms with Crippen molar-refractivity contribution in [2.24, 2.45) is 0 Å². The summed E-state index contributed by atoms with van der Waals surface area (Å²) in [6, 6.07) is 6.67. The molecule has 1 aromatic carbocycles. The fourth-order valence-electron chi connectivity index (χ4n) is 2.31. The van der Waals surface area contributed by atoms with E-state index in [2.05, 4.69) is 33.5 Å². The third-order valence-corrected chi connectivity index (χ3v) is 3.21. The quantitative estimate of drug-likeness (QED) is 0.872. The average molecular weight is 225 g/mol. The van der Waals surface area contributed by atoms with Gasteiger partial charge in [-0.2, -0.15) is 0 Å². The fraction of sp³-hybridized carbons (Fsp3) is 0.286. The smallest absolute Gasteiger partial charge is 0.115 e. The van der Waals surface area contributed by atoms with Crippen LogP contribution < -0.4 is 5.32 Å². The molecule has 0 saturated carbocycles. The van der Waals surface area contributed by atoms with Crippen LogP contribution in [0.15, 0.2) is 36.9 Å². The van der Waals surface area contributed by atoms with Gasteiger partial charge in [0.2, 0.25) is 0 Å². The number of anilines is 1. The van der Waals surface area contributed by atoms with E-state index in [9.17, 15) is 0 Å². The summed E-state index contributed by atoms with van der Waals surface area (Å²) in [4.78, 5) is 8.01. The lowest BCUT2D eigenvalue weighted by molar-refractivity contribution is 0.912. The molecule has 0 unspecified atom stereocenters. The predicted octanol–water partition coefficient (Wildman–Crippen LogP) is 2.58. The van der Waals surface area contributed by atoms with Crippen LogP contribution in [0.2, 0.25) is 0 Å². The number of fused-ring (bicyclic) bond motifs is 1. The Balaban J connectivity index is 1.70. The third-order valence-electron chi connectivity index (χ3n) is 3.21. The predicted molar refractivity (Wildman–Crippen MR) is 67.8 cm³/mol. The van der Waals surface area contributed by atoms with E-state index in [4.69, 9.17) is 0 Å². The number of nitrogens with zero attached hydrogens (tertiary/aromatic N) is 2. The van der Waals surface area contributed by atoms with E-state index < -0.39 is 0 Å². The van der Waals surface area contributed by atoms with E-state index in [1.807, 2.05) is 12.4 Å². The van der Waals surface area contributed by atoms with Crippen molar-refractivity contribution in [3.8, 4) is 0 Å². The van der Waals surface area contributed by atoms with Crippen molar-refractivity contribution >= 4 is 5.69 Å². The minimum atomic E-state index is 0.777. The summed E-state index contributed by atoms with van der Waals surface area (Å²) in [5, 5.41) is 3.41. The zero-order valence-electron chi connectivity index (χ0n) is 9.69. The number of nitrogens with one attached hydrogen (secondary N) is 1. The van der Waals surface area contributed by atoms with Gasteiger partial charge in [0.1, 0.15) is 6.33 Å². The molecule has 1 heterocycles. The van der Waals surface area contributed by atoms with Gasteiger partial charge in [0.05, 0.1) is 0 Å². The molecular formula is C14H15N3. The zero-order valence-corrected chi connectivity index (χ0v) is 9.69. The molecule has 0 aliphatic heterocycles. The lowest BCUT2D eigenvalue weighted by atomic mass is 10.1. The Bertz CT molecular complexity index is 508. The minimum absolute atomic E-state index is 0.777. The van der Waals surface area contributed by atoms with Crippen LogP contribution in [0.1, 0.15) is 23.1 Å². The molecule has 86 valence electrons. The van der Waals surface area contributed by atoms with Crippen molar-refractivity contribution in [3.05, 3.63) is 53.6 Å². The third kappa shape index (κ3) is 2.28. The van der Waals surface area contributed by atoms with Crippen LogP contribution in [0.25, 0.3) is 0 Å². The maximum atomic E-state index is 4.00. The monoisotopic (exact) mass is 225 g/mol. The summed E-state index contributed by atoms with van der Waals surface area (Å²) in [5.41, 5.74) is 5.31. The summed E-state index contributed by atoms with van der Waals surface area (Å²) in [6.45, 7) is 0.777. The van der Waals surface area contributed by atoms with Crippen LogP contribution >= 0.6 is 0 Å². The topological polar surface area (TPSA) is 37.8 Å². The first-order valence-corrected chi connectivity index (χ1v) is 6.01. The fourth-order valence-corrected chi connectivity index (χ4v) is 2.31. The Labute approximate surface area is 101 Å². The molecule has 3 heteroatoms. The van der Waals surface area contributed by atoms with Crippen molar-refractivity contribution in [1.29, 1.82) is 0 Å². The second-order valence-electron chi connectivity index (χ2n) is 4.44. The average Bonchev–Trinajstić information content (AvgIpc) is 2.85. The summed E-state index contributed by atoms with van der Waals surface area (Å²) in [6.07, 6.45) is 8.99. The van der Waals surface area contributed by atoms with E-state index in [1.165, 1.54) is 36.1 Å². The van der Waals surface area contributed by atoms with E-state index in [0.717, 1.165) is 12.1 Å². The van der Waals surface area contributed by atoms with Crippen molar-refractivity contribution in [1.82, 2.24) is 9.97 Å². The highest BCUT2D eigenvalue weighted by Gasteiger charge is 2.10. The highest BCUT2D eigenvalue weighted by molar-refractivity contribution is 5.50. The Morgan fingerprint density at radius 1 is 1.06 bits per heavy atom. The van der Waals surface area contributed by atoms with E-state index in [-0.39, 0.29) is 0 Å². The number of benzene rings is 1. The summed E-state index contributed by atoms with van der Waals surface area (Å²) in [5.74, 6) is 0. The molecule has 0 fully saturated rings. The molecule has 0 bridgehead atoms. The molecule has 1 aromatic heterocycles. The normalized spacial score (nSPS) is 13.4. The molecule has 0 atom stereocenters. The number of rotatable bonds is 3. The second-order valence-corrected chi connectivity index (χ2v) is 4.44. The largest absolute Gasteiger partial charge is 0.381 e. The van der Waals surface area contributed by atoms with Crippen LogP contribution in [-0.4, -0.2) is 9.97 Å². The van der Waals surface area contributed by atoms with E-state index in [1.54, 1.807) is 6.33 Å². The van der Waals surface area contributed by atoms with Gasteiger partial charge in [-0.25, -0.2) is 9.97 Å². The number of aromatic nitrogens is 2. The van der Waals surface area contributed by atoms with E-state index in [0.29, 0.717) is 0 Å². The number of hydrogen-bond acceptors (Lipinski definition) is 3. The maximum absolute atomic E-state index is 4.00. The molecule has 0 radical (unpaired) electrons. The van der Waals surface area contributed by atoms with Gasteiger partial charge in [0.25, 0.3) is 0 Å². The van der Waals surface area contributed by atoms with Gasteiger partial charge in [0, 0.05) is 30.2 Å². The Morgan fingerprint density at radius 2 is 1.88 bits per heavy atom. The van der Waals surface area contributed by atoms with Crippen molar-refractivity contribution in [3.63, 3.8) is 0 Å². The van der Waals surface area contributed by atoms with Crippen LogP contribution in [0.3, 0.4) is 0 Å². The van der Waals surface area contributed by atoms with Gasteiger partial charge < -0.3 is 5.32 Å².